The molecule has 1 heterocycles. The fourth-order valence-corrected chi connectivity index (χ4v) is 2.23. The first-order valence-electron chi connectivity index (χ1n) is 7.17. The number of nitrogens with zero attached hydrogens (tertiary/aromatic N) is 2. The number of pyridine rings is 1. The first-order valence-corrected chi connectivity index (χ1v) is 7.17. The van der Waals surface area contributed by atoms with E-state index >= 15 is 0 Å². The topological polar surface area (TPSA) is 42.1 Å². The van der Waals surface area contributed by atoms with Crippen LogP contribution in [0.15, 0.2) is 24.5 Å². The monoisotopic (exact) mass is 249 g/mol. The van der Waals surface area contributed by atoms with Crippen LogP contribution in [0.1, 0.15) is 51.1 Å². The highest BCUT2D eigenvalue weighted by molar-refractivity contribution is 5.15. The minimum Gasteiger partial charge on any atom is -0.329 e. The smallest absolute Gasteiger partial charge is 0.0471 e. The molecule has 3 nitrogen and oxygen atoms in total. The Labute approximate surface area is 111 Å². The molecule has 0 aromatic carbocycles. The van der Waals surface area contributed by atoms with Gasteiger partial charge in [-0.25, -0.2) is 0 Å². The third-order valence-electron chi connectivity index (χ3n) is 3.35. The lowest BCUT2D eigenvalue weighted by Crippen LogP contribution is -2.35. The summed E-state index contributed by atoms with van der Waals surface area (Å²) in [4.78, 5) is 6.62. The van der Waals surface area contributed by atoms with Crippen LogP contribution < -0.4 is 5.73 Å². The summed E-state index contributed by atoms with van der Waals surface area (Å²) in [6.07, 6.45) is 8.66. The van der Waals surface area contributed by atoms with E-state index in [4.69, 9.17) is 5.73 Å². The van der Waals surface area contributed by atoms with Crippen LogP contribution in [0.3, 0.4) is 0 Å². The van der Waals surface area contributed by atoms with Crippen molar-refractivity contribution in [2.45, 2.75) is 45.6 Å². The zero-order valence-electron chi connectivity index (χ0n) is 11.8. The summed E-state index contributed by atoms with van der Waals surface area (Å²) in [6.45, 7) is 7.43. The van der Waals surface area contributed by atoms with Crippen molar-refractivity contribution in [3.05, 3.63) is 30.1 Å². The van der Waals surface area contributed by atoms with Crippen molar-refractivity contribution >= 4 is 0 Å². The van der Waals surface area contributed by atoms with E-state index in [2.05, 4.69) is 35.9 Å². The molecule has 0 saturated heterocycles. The molecule has 0 saturated carbocycles. The Kier molecular flexibility index (Phi) is 7.62. The van der Waals surface area contributed by atoms with Crippen LogP contribution >= 0.6 is 0 Å². The summed E-state index contributed by atoms with van der Waals surface area (Å²) in [6, 6.07) is 4.51. The Morgan fingerprint density at radius 3 is 2.11 bits per heavy atom. The lowest BCUT2D eigenvalue weighted by molar-refractivity contribution is 0.195. The summed E-state index contributed by atoms with van der Waals surface area (Å²) in [5.74, 6) is 0. The van der Waals surface area contributed by atoms with Crippen molar-refractivity contribution in [2.75, 3.05) is 19.6 Å². The van der Waals surface area contributed by atoms with E-state index in [1.807, 2.05) is 12.4 Å². The average molecular weight is 249 g/mol. The molecule has 0 spiro atoms. The van der Waals surface area contributed by atoms with E-state index in [0.29, 0.717) is 12.6 Å². The second-order valence-corrected chi connectivity index (χ2v) is 4.78. The molecule has 18 heavy (non-hydrogen) atoms. The molecule has 1 unspecified atom stereocenters. The van der Waals surface area contributed by atoms with E-state index in [1.165, 1.54) is 31.2 Å². The van der Waals surface area contributed by atoms with E-state index in [9.17, 15) is 0 Å². The van der Waals surface area contributed by atoms with Crippen LogP contribution in [0, 0.1) is 0 Å². The van der Waals surface area contributed by atoms with Gasteiger partial charge >= 0.3 is 0 Å². The minimum absolute atomic E-state index is 0.339. The van der Waals surface area contributed by atoms with Crippen molar-refractivity contribution in [1.29, 1.82) is 0 Å². The van der Waals surface area contributed by atoms with E-state index in [-0.39, 0.29) is 0 Å². The van der Waals surface area contributed by atoms with Crippen LogP contribution in [-0.2, 0) is 0 Å². The standard InChI is InChI=1S/C15H27N3/c1-3-5-11-18(12-6-4-2)15(13-16)14-7-9-17-10-8-14/h7-10,15H,3-6,11-13,16H2,1-2H3. The fourth-order valence-electron chi connectivity index (χ4n) is 2.23. The van der Waals surface area contributed by atoms with Crippen LogP contribution in [0.2, 0.25) is 0 Å². The summed E-state index contributed by atoms with van der Waals surface area (Å²) in [5, 5.41) is 0. The van der Waals surface area contributed by atoms with Crippen molar-refractivity contribution in [3.63, 3.8) is 0 Å². The highest BCUT2D eigenvalue weighted by atomic mass is 15.2. The maximum Gasteiger partial charge on any atom is 0.0471 e. The van der Waals surface area contributed by atoms with Gasteiger partial charge in [0, 0.05) is 25.0 Å². The van der Waals surface area contributed by atoms with Gasteiger partial charge in [-0.2, -0.15) is 0 Å². The van der Waals surface area contributed by atoms with Crippen LogP contribution in [-0.4, -0.2) is 29.5 Å². The highest BCUT2D eigenvalue weighted by Crippen LogP contribution is 2.20. The number of hydrogen-bond donors (Lipinski definition) is 1. The van der Waals surface area contributed by atoms with Gasteiger partial charge in [0.05, 0.1) is 0 Å². The SMILES string of the molecule is CCCCN(CCCC)C(CN)c1ccncc1. The van der Waals surface area contributed by atoms with Gasteiger partial charge in [-0.1, -0.05) is 26.7 Å². The van der Waals surface area contributed by atoms with Gasteiger partial charge in [0.25, 0.3) is 0 Å². The molecule has 1 aromatic heterocycles. The highest BCUT2D eigenvalue weighted by Gasteiger charge is 2.17. The van der Waals surface area contributed by atoms with E-state index in [0.717, 1.165) is 13.1 Å². The second-order valence-electron chi connectivity index (χ2n) is 4.78. The zero-order valence-corrected chi connectivity index (χ0v) is 11.8. The maximum absolute atomic E-state index is 5.99. The molecule has 2 N–H and O–H groups in total. The van der Waals surface area contributed by atoms with Gasteiger partial charge in [0.1, 0.15) is 0 Å². The predicted molar refractivity (Wildman–Crippen MR) is 77.4 cm³/mol. The molecule has 1 aromatic rings. The fraction of sp³-hybridized carbons (Fsp3) is 0.667. The quantitative estimate of drug-likeness (QED) is 0.731. The number of aromatic nitrogens is 1. The minimum atomic E-state index is 0.339. The molecule has 0 aliphatic rings. The first-order chi connectivity index (χ1) is 8.83. The third kappa shape index (κ3) is 4.75. The largest absolute Gasteiger partial charge is 0.329 e. The molecule has 0 aliphatic heterocycles. The van der Waals surface area contributed by atoms with Crippen molar-refractivity contribution in [3.8, 4) is 0 Å². The molecule has 1 rings (SSSR count). The summed E-state index contributed by atoms with van der Waals surface area (Å²) in [7, 11) is 0. The Bertz CT molecular complexity index is 292. The molecule has 0 aliphatic carbocycles. The van der Waals surface area contributed by atoms with E-state index < -0.39 is 0 Å². The molecule has 0 amide bonds. The first kappa shape index (κ1) is 15.1. The van der Waals surface area contributed by atoms with E-state index in [1.54, 1.807) is 0 Å². The van der Waals surface area contributed by atoms with Crippen molar-refractivity contribution < 1.29 is 0 Å². The van der Waals surface area contributed by atoms with Gasteiger partial charge < -0.3 is 5.73 Å². The predicted octanol–water partition coefficient (Wildman–Crippen LogP) is 2.98. The molecular formula is C15H27N3. The molecule has 102 valence electrons. The number of rotatable bonds is 9. The lowest BCUT2D eigenvalue weighted by atomic mass is 10.1. The Balaban J connectivity index is 2.72. The Morgan fingerprint density at radius 2 is 1.67 bits per heavy atom. The molecule has 3 heteroatoms. The molecule has 1 atom stereocenters. The van der Waals surface area contributed by atoms with Gasteiger partial charge in [-0.15, -0.1) is 0 Å². The van der Waals surface area contributed by atoms with Crippen molar-refractivity contribution in [1.82, 2.24) is 9.88 Å². The Morgan fingerprint density at radius 1 is 1.11 bits per heavy atom. The summed E-state index contributed by atoms with van der Waals surface area (Å²) >= 11 is 0. The van der Waals surface area contributed by atoms with Crippen LogP contribution in [0.4, 0.5) is 0 Å². The number of unbranched alkanes of at least 4 members (excludes halogenated alkanes) is 2. The Hall–Kier alpha value is -0.930. The van der Waals surface area contributed by atoms with Crippen LogP contribution in [0.25, 0.3) is 0 Å². The number of hydrogen-bond acceptors (Lipinski definition) is 3. The van der Waals surface area contributed by atoms with Gasteiger partial charge in [-0.3, -0.25) is 9.88 Å². The zero-order chi connectivity index (χ0) is 13.2. The maximum atomic E-state index is 5.99. The lowest BCUT2D eigenvalue weighted by Gasteiger charge is -2.31. The van der Waals surface area contributed by atoms with Gasteiger partial charge in [-0.05, 0) is 43.6 Å². The molecular weight excluding hydrogens is 222 g/mol. The second kappa shape index (κ2) is 9.06. The molecule has 0 bridgehead atoms. The summed E-state index contributed by atoms with van der Waals surface area (Å²) in [5.41, 5.74) is 7.28. The normalized spacial score (nSPS) is 12.9. The molecule has 0 radical (unpaired) electrons. The molecule has 0 fully saturated rings. The summed E-state index contributed by atoms with van der Waals surface area (Å²) < 4.78 is 0. The third-order valence-corrected chi connectivity index (χ3v) is 3.35. The van der Waals surface area contributed by atoms with Crippen molar-refractivity contribution in [2.24, 2.45) is 5.73 Å². The van der Waals surface area contributed by atoms with Gasteiger partial charge in [0.2, 0.25) is 0 Å². The number of nitrogens with two attached hydrogens (primary N) is 1. The average Bonchev–Trinajstić information content (AvgIpc) is 2.43. The van der Waals surface area contributed by atoms with Crippen LogP contribution in [0.5, 0.6) is 0 Å². The van der Waals surface area contributed by atoms with Gasteiger partial charge in [0.15, 0.2) is 0 Å².